The molecule has 0 aromatic carbocycles. The smallest absolute Gasteiger partial charge is 0.323 e. The molecule has 0 spiro atoms. The maximum Gasteiger partial charge on any atom is 0.323 e. The SMILES string of the molecule is CC(C)CN(CC(=O)O)C(=O)[C@@H](C)N. The highest BCUT2D eigenvalue weighted by atomic mass is 16.4. The summed E-state index contributed by atoms with van der Waals surface area (Å²) in [5, 5.41) is 8.59. The van der Waals surface area contributed by atoms with Crippen molar-refractivity contribution in [3.8, 4) is 0 Å². The van der Waals surface area contributed by atoms with Crippen molar-refractivity contribution in [3.05, 3.63) is 0 Å². The Labute approximate surface area is 83.9 Å². The molecule has 5 nitrogen and oxygen atoms in total. The van der Waals surface area contributed by atoms with Crippen LogP contribution in [0.2, 0.25) is 0 Å². The van der Waals surface area contributed by atoms with Crippen LogP contribution in [0.25, 0.3) is 0 Å². The van der Waals surface area contributed by atoms with E-state index in [0.29, 0.717) is 6.54 Å². The molecular weight excluding hydrogens is 184 g/mol. The fourth-order valence-electron chi connectivity index (χ4n) is 1.12. The number of nitrogens with zero attached hydrogens (tertiary/aromatic N) is 1. The summed E-state index contributed by atoms with van der Waals surface area (Å²) < 4.78 is 0. The van der Waals surface area contributed by atoms with Gasteiger partial charge in [-0.2, -0.15) is 0 Å². The van der Waals surface area contributed by atoms with Crippen LogP contribution in [-0.2, 0) is 9.59 Å². The van der Waals surface area contributed by atoms with E-state index in [-0.39, 0.29) is 18.4 Å². The van der Waals surface area contributed by atoms with E-state index in [4.69, 9.17) is 10.8 Å². The van der Waals surface area contributed by atoms with Crippen LogP contribution in [0.3, 0.4) is 0 Å². The standard InChI is InChI=1S/C9H18N2O3/c1-6(2)4-11(5-8(12)13)9(14)7(3)10/h6-7H,4-5,10H2,1-3H3,(H,12,13)/t7-/m1/s1. The average molecular weight is 202 g/mol. The van der Waals surface area contributed by atoms with Crippen LogP contribution in [-0.4, -0.2) is 41.0 Å². The summed E-state index contributed by atoms with van der Waals surface area (Å²) in [6.07, 6.45) is 0. The summed E-state index contributed by atoms with van der Waals surface area (Å²) in [4.78, 5) is 23.2. The highest BCUT2D eigenvalue weighted by Gasteiger charge is 2.20. The van der Waals surface area contributed by atoms with Crippen molar-refractivity contribution in [1.82, 2.24) is 4.90 Å². The maximum atomic E-state index is 11.5. The Balaban J connectivity index is 4.38. The Morgan fingerprint density at radius 3 is 2.14 bits per heavy atom. The Morgan fingerprint density at radius 2 is 1.86 bits per heavy atom. The van der Waals surface area contributed by atoms with E-state index in [2.05, 4.69) is 0 Å². The molecule has 0 saturated heterocycles. The van der Waals surface area contributed by atoms with Crippen LogP contribution < -0.4 is 5.73 Å². The lowest BCUT2D eigenvalue weighted by atomic mass is 10.2. The van der Waals surface area contributed by atoms with Crippen LogP contribution in [0.15, 0.2) is 0 Å². The molecule has 0 rings (SSSR count). The monoisotopic (exact) mass is 202 g/mol. The van der Waals surface area contributed by atoms with Crippen molar-refractivity contribution in [3.63, 3.8) is 0 Å². The van der Waals surface area contributed by atoms with Crippen molar-refractivity contribution in [2.24, 2.45) is 11.7 Å². The third kappa shape index (κ3) is 4.81. The predicted octanol–water partition coefficient (Wildman–Crippen LogP) is -0.0972. The van der Waals surface area contributed by atoms with E-state index in [1.54, 1.807) is 6.92 Å². The number of aliphatic carboxylic acids is 1. The van der Waals surface area contributed by atoms with Gasteiger partial charge in [0.15, 0.2) is 0 Å². The second kappa shape index (κ2) is 5.59. The van der Waals surface area contributed by atoms with E-state index in [1.165, 1.54) is 4.90 Å². The quantitative estimate of drug-likeness (QED) is 0.652. The van der Waals surface area contributed by atoms with Gasteiger partial charge in [0.05, 0.1) is 6.04 Å². The number of hydrogen-bond donors (Lipinski definition) is 2. The first kappa shape index (κ1) is 12.9. The number of rotatable bonds is 5. The molecule has 0 radical (unpaired) electrons. The minimum atomic E-state index is -1.01. The zero-order valence-corrected chi connectivity index (χ0v) is 8.86. The van der Waals surface area contributed by atoms with Gasteiger partial charge in [-0.15, -0.1) is 0 Å². The summed E-state index contributed by atoms with van der Waals surface area (Å²) in [6.45, 7) is 5.54. The number of carboxylic acid groups (broad SMARTS) is 1. The Bertz CT molecular complexity index is 214. The lowest BCUT2D eigenvalue weighted by Gasteiger charge is -2.24. The molecular formula is C9H18N2O3. The highest BCUT2D eigenvalue weighted by molar-refractivity contribution is 5.84. The molecule has 0 aliphatic heterocycles. The molecule has 1 amide bonds. The molecule has 3 N–H and O–H groups in total. The predicted molar refractivity (Wildman–Crippen MR) is 52.7 cm³/mol. The zero-order chi connectivity index (χ0) is 11.3. The molecule has 82 valence electrons. The van der Waals surface area contributed by atoms with Gasteiger partial charge in [0.2, 0.25) is 5.91 Å². The molecule has 0 aromatic rings. The number of carbonyl (C=O) groups excluding carboxylic acids is 1. The molecule has 0 saturated carbocycles. The number of nitrogens with two attached hydrogens (primary N) is 1. The summed E-state index contributed by atoms with van der Waals surface area (Å²) in [7, 11) is 0. The van der Waals surface area contributed by atoms with Crippen molar-refractivity contribution in [1.29, 1.82) is 0 Å². The lowest BCUT2D eigenvalue weighted by Crippen LogP contribution is -2.45. The largest absolute Gasteiger partial charge is 0.480 e. The van der Waals surface area contributed by atoms with Gasteiger partial charge >= 0.3 is 5.97 Å². The number of hydrogen-bond acceptors (Lipinski definition) is 3. The number of carbonyl (C=O) groups is 2. The van der Waals surface area contributed by atoms with Crippen LogP contribution in [0.4, 0.5) is 0 Å². The summed E-state index contributed by atoms with van der Waals surface area (Å²) in [6, 6.07) is -0.645. The van der Waals surface area contributed by atoms with Gasteiger partial charge in [0, 0.05) is 6.54 Å². The molecule has 0 aliphatic carbocycles. The third-order valence-corrected chi connectivity index (χ3v) is 1.61. The zero-order valence-electron chi connectivity index (χ0n) is 8.86. The fourth-order valence-corrected chi connectivity index (χ4v) is 1.12. The molecule has 0 fully saturated rings. The first-order valence-electron chi connectivity index (χ1n) is 4.60. The molecule has 0 unspecified atom stereocenters. The van der Waals surface area contributed by atoms with Gasteiger partial charge < -0.3 is 15.7 Å². The van der Waals surface area contributed by atoms with E-state index in [1.807, 2.05) is 13.8 Å². The van der Waals surface area contributed by atoms with Crippen molar-refractivity contribution in [2.45, 2.75) is 26.8 Å². The fraction of sp³-hybridized carbons (Fsp3) is 0.778. The summed E-state index contributed by atoms with van der Waals surface area (Å²) in [5.41, 5.74) is 5.40. The Hall–Kier alpha value is -1.10. The van der Waals surface area contributed by atoms with Gasteiger partial charge in [0.25, 0.3) is 0 Å². The molecule has 14 heavy (non-hydrogen) atoms. The van der Waals surface area contributed by atoms with Gasteiger partial charge in [-0.1, -0.05) is 13.8 Å². The van der Waals surface area contributed by atoms with Crippen LogP contribution in [0, 0.1) is 5.92 Å². The highest BCUT2D eigenvalue weighted by Crippen LogP contribution is 2.00. The maximum absolute atomic E-state index is 11.5. The summed E-state index contributed by atoms with van der Waals surface area (Å²) in [5.74, 6) is -1.10. The van der Waals surface area contributed by atoms with Gasteiger partial charge in [-0.05, 0) is 12.8 Å². The molecule has 0 aromatic heterocycles. The van der Waals surface area contributed by atoms with Gasteiger partial charge in [-0.25, -0.2) is 0 Å². The first-order valence-corrected chi connectivity index (χ1v) is 4.60. The van der Waals surface area contributed by atoms with Crippen molar-refractivity contribution < 1.29 is 14.7 Å². The molecule has 1 atom stereocenters. The Kier molecular flexibility index (Phi) is 5.15. The van der Waals surface area contributed by atoms with Gasteiger partial charge in [0.1, 0.15) is 6.54 Å². The second-order valence-corrected chi connectivity index (χ2v) is 3.80. The average Bonchev–Trinajstić information content (AvgIpc) is 1.99. The lowest BCUT2D eigenvalue weighted by molar-refractivity contribution is -0.145. The topological polar surface area (TPSA) is 83.6 Å². The number of amides is 1. The summed E-state index contributed by atoms with van der Waals surface area (Å²) >= 11 is 0. The Morgan fingerprint density at radius 1 is 1.36 bits per heavy atom. The molecule has 0 bridgehead atoms. The molecule has 5 heteroatoms. The normalized spacial score (nSPS) is 12.6. The van der Waals surface area contributed by atoms with E-state index < -0.39 is 12.0 Å². The van der Waals surface area contributed by atoms with Crippen LogP contribution in [0.5, 0.6) is 0 Å². The van der Waals surface area contributed by atoms with Crippen LogP contribution >= 0.6 is 0 Å². The van der Waals surface area contributed by atoms with Gasteiger partial charge in [-0.3, -0.25) is 9.59 Å². The number of carboxylic acids is 1. The van der Waals surface area contributed by atoms with E-state index in [0.717, 1.165) is 0 Å². The van der Waals surface area contributed by atoms with Crippen molar-refractivity contribution in [2.75, 3.05) is 13.1 Å². The first-order chi connectivity index (χ1) is 6.34. The second-order valence-electron chi connectivity index (χ2n) is 3.80. The molecule has 0 aliphatic rings. The van der Waals surface area contributed by atoms with E-state index in [9.17, 15) is 9.59 Å². The van der Waals surface area contributed by atoms with Crippen molar-refractivity contribution >= 4 is 11.9 Å². The van der Waals surface area contributed by atoms with E-state index >= 15 is 0 Å². The van der Waals surface area contributed by atoms with Crippen LogP contribution in [0.1, 0.15) is 20.8 Å². The minimum absolute atomic E-state index is 0.233. The third-order valence-electron chi connectivity index (χ3n) is 1.61. The molecule has 0 heterocycles. The minimum Gasteiger partial charge on any atom is -0.480 e.